The summed E-state index contributed by atoms with van der Waals surface area (Å²) < 4.78 is 2.58. The third kappa shape index (κ3) is 5.46. The van der Waals surface area contributed by atoms with Gasteiger partial charge in [0.2, 0.25) is 0 Å². The minimum absolute atomic E-state index is 1.11. The van der Waals surface area contributed by atoms with Crippen LogP contribution in [0.25, 0.3) is 85.9 Å². The second-order valence-electron chi connectivity index (χ2n) is 14.5. The van der Waals surface area contributed by atoms with E-state index in [9.17, 15) is 0 Å². The normalized spacial score (nSPS) is 11.6. The molecule has 0 aliphatic rings. The van der Waals surface area contributed by atoms with E-state index in [1.54, 1.807) is 0 Å². The van der Waals surface area contributed by atoms with Crippen LogP contribution in [0.1, 0.15) is 0 Å². The van der Waals surface area contributed by atoms with Crippen molar-refractivity contribution in [1.82, 2.24) is 0 Å². The highest BCUT2D eigenvalue weighted by Crippen LogP contribution is 2.46. The van der Waals surface area contributed by atoms with E-state index in [0.29, 0.717) is 0 Å². The summed E-state index contributed by atoms with van der Waals surface area (Å²) in [7, 11) is 0. The Hall–Kier alpha value is -7.00. The lowest BCUT2D eigenvalue weighted by atomic mass is 9.91. The summed E-state index contributed by atoms with van der Waals surface area (Å²) in [6, 6.07) is 77.8. The Morgan fingerprint density at radius 3 is 1.46 bits per heavy atom. The molecular formula is C54H35NS. The summed E-state index contributed by atoms with van der Waals surface area (Å²) in [5, 5.41) is 10.1. The highest BCUT2D eigenvalue weighted by Gasteiger charge is 2.20. The lowest BCUT2D eigenvalue weighted by molar-refractivity contribution is 1.30. The van der Waals surface area contributed by atoms with Gasteiger partial charge in [-0.2, -0.15) is 0 Å². The first kappa shape index (κ1) is 32.4. The Balaban J connectivity index is 1.08. The van der Waals surface area contributed by atoms with Crippen molar-refractivity contribution in [2.24, 2.45) is 0 Å². The number of hydrogen-bond acceptors (Lipinski definition) is 2. The second kappa shape index (κ2) is 13.4. The number of hydrogen-bond donors (Lipinski definition) is 0. The topological polar surface area (TPSA) is 3.24 Å². The molecule has 11 aromatic rings. The van der Waals surface area contributed by atoms with Gasteiger partial charge in [-0.15, -0.1) is 11.3 Å². The molecule has 1 nitrogen and oxygen atoms in total. The van der Waals surface area contributed by atoms with Gasteiger partial charge in [0.15, 0.2) is 0 Å². The summed E-state index contributed by atoms with van der Waals surface area (Å²) in [5.74, 6) is 0. The van der Waals surface area contributed by atoms with Crippen LogP contribution in [0.3, 0.4) is 0 Å². The highest BCUT2D eigenvalue weighted by molar-refractivity contribution is 7.26. The van der Waals surface area contributed by atoms with Gasteiger partial charge >= 0.3 is 0 Å². The molecule has 0 aliphatic carbocycles. The number of nitrogens with zero attached hydrogens (tertiary/aromatic N) is 1. The number of benzene rings is 10. The van der Waals surface area contributed by atoms with Crippen LogP contribution in [-0.2, 0) is 0 Å². The van der Waals surface area contributed by atoms with E-state index in [4.69, 9.17) is 0 Å². The van der Waals surface area contributed by atoms with Crippen LogP contribution in [0, 0.1) is 0 Å². The Bertz CT molecular complexity index is 3230. The molecular weight excluding hydrogens is 695 g/mol. The molecule has 0 bridgehead atoms. The lowest BCUT2D eigenvalue weighted by Gasteiger charge is -2.27. The first-order chi connectivity index (χ1) is 27.8. The van der Waals surface area contributed by atoms with Crippen molar-refractivity contribution in [3.05, 3.63) is 212 Å². The summed E-state index contributed by atoms with van der Waals surface area (Å²) in [6.07, 6.45) is 0. The van der Waals surface area contributed by atoms with Gasteiger partial charge in [0, 0.05) is 31.5 Å². The van der Waals surface area contributed by atoms with Gasteiger partial charge < -0.3 is 4.90 Å². The molecule has 0 unspecified atom stereocenters. The molecule has 0 N–H and O–H groups in total. The van der Waals surface area contributed by atoms with Crippen molar-refractivity contribution in [3.63, 3.8) is 0 Å². The van der Waals surface area contributed by atoms with Crippen LogP contribution in [0.5, 0.6) is 0 Å². The molecule has 0 saturated carbocycles. The molecule has 0 radical (unpaired) electrons. The van der Waals surface area contributed by atoms with Crippen LogP contribution in [0.2, 0.25) is 0 Å². The molecule has 0 saturated heterocycles. The third-order valence-corrected chi connectivity index (χ3v) is 12.4. The van der Waals surface area contributed by atoms with E-state index in [2.05, 4.69) is 217 Å². The monoisotopic (exact) mass is 729 g/mol. The smallest absolute Gasteiger partial charge is 0.0554 e. The van der Waals surface area contributed by atoms with E-state index in [0.717, 1.165) is 11.4 Å². The van der Waals surface area contributed by atoms with Crippen molar-refractivity contribution in [3.8, 4) is 33.4 Å². The lowest BCUT2D eigenvalue weighted by Crippen LogP contribution is -2.10. The molecule has 0 fully saturated rings. The minimum atomic E-state index is 1.11. The average Bonchev–Trinajstić information content (AvgIpc) is 3.66. The van der Waals surface area contributed by atoms with Crippen molar-refractivity contribution in [2.75, 3.05) is 4.90 Å². The maximum absolute atomic E-state index is 2.44. The van der Waals surface area contributed by atoms with Gasteiger partial charge in [0.1, 0.15) is 0 Å². The first-order valence-electron chi connectivity index (χ1n) is 19.2. The molecule has 11 rings (SSSR count). The third-order valence-electron chi connectivity index (χ3n) is 11.2. The molecule has 1 heterocycles. The predicted octanol–water partition coefficient (Wildman–Crippen LogP) is 16.0. The fourth-order valence-corrected chi connectivity index (χ4v) is 9.71. The Morgan fingerprint density at radius 1 is 0.304 bits per heavy atom. The van der Waals surface area contributed by atoms with E-state index in [1.165, 1.54) is 91.6 Å². The van der Waals surface area contributed by atoms with Crippen LogP contribution >= 0.6 is 11.3 Å². The van der Waals surface area contributed by atoms with Gasteiger partial charge in [-0.25, -0.2) is 0 Å². The number of fused-ring (bicyclic) bond motifs is 7. The Kier molecular flexibility index (Phi) is 7.75. The molecule has 0 aliphatic heterocycles. The van der Waals surface area contributed by atoms with Crippen LogP contribution in [0.4, 0.5) is 17.1 Å². The molecule has 0 amide bonds. The van der Waals surface area contributed by atoms with E-state index in [-0.39, 0.29) is 0 Å². The van der Waals surface area contributed by atoms with Crippen LogP contribution < -0.4 is 4.90 Å². The van der Waals surface area contributed by atoms with E-state index >= 15 is 0 Å². The number of rotatable bonds is 6. The zero-order valence-corrected chi connectivity index (χ0v) is 31.4. The molecule has 10 aromatic carbocycles. The van der Waals surface area contributed by atoms with Crippen molar-refractivity contribution >= 4 is 80.9 Å². The molecule has 1 aromatic heterocycles. The van der Waals surface area contributed by atoms with Gasteiger partial charge in [-0.3, -0.25) is 0 Å². The van der Waals surface area contributed by atoms with Gasteiger partial charge in [0.05, 0.1) is 5.69 Å². The zero-order valence-electron chi connectivity index (χ0n) is 30.6. The van der Waals surface area contributed by atoms with Crippen LogP contribution in [0.15, 0.2) is 212 Å². The maximum atomic E-state index is 2.44. The van der Waals surface area contributed by atoms with Crippen molar-refractivity contribution in [1.29, 1.82) is 0 Å². The van der Waals surface area contributed by atoms with E-state index < -0.39 is 0 Å². The van der Waals surface area contributed by atoms with Gasteiger partial charge in [-0.05, 0) is 126 Å². The van der Waals surface area contributed by atoms with E-state index in [1.807, 2.05) is 11.3 Å². The fourth-order valence-electron chi connectivity index (χ4n) is 8.58. The minimum Gasteiger partial charge on any atom is -0.310 e. The summed E-state index contributed by atoms with van der Waals surface area (Å²) >= 11 is 1.86. The Labute approximate surface area is 330 Å². The quantitative estimate of drug-likeness (QED) is 0.154. The van der Waals surface area contributed by atoms with Gasteiger partial charge in [-0.1, -0.05) is 152 Å². The SMILES string of the molecule is c1ccc(-c2cc3ccccc3cc2-c2ccc(N(c3ccc(-c4cc5ccccc5c5ccccc45)cc3)c3cccc4sc5ccccc5c34)cc2)cc1. The highest BCUT2D eigenvalue weighted by atomic mass is 32.1. The predicted molar refractivity (Wildman–Crippen MR) is 243 cm³/mol. The fraction of sp³-hybridized carbons (Fsp3) is 0. The largest absolute Gasteiger partial charge is 0.310 e. The molecule has 0 atom stereocenters. The summed E-state index contributed by atoms with van der Waals surface area (Å²) in [4.78, 5) is 2.44. The first-order valence-corrected chi connectivity index (χ1v) is 20.0. The standard InChI is InChI=1S/C54H35NS/c1-2-13-36(14-3-1)49-33-39-15-4-5-16-40(39)34-50(49)38-27-31-43(32-28-38)55(51-22-12-24-53-54(51)47-21-10-11-23-52(47)56-53)42-29-25-37(26-30-42)48-35-41-17-6-7-18-44(41)45-19-8-9-20-46(45)48/h1-35H. The van der Waals surface area contributed by atoms with Gasteiger partial charge in [0.25, 0.3) is 0 Å². The van der Waals surface area contributed by atoms with Crippen LogP contribution in [-0.4, -0.2) is 0 Å². The maximum Gasteiger partial charge on any atom is 0.0554 e. The summed E-state index contributed by atoms with van der Waals surface area (Å²) in [6.45, 7) is 0. The summed E-state index contributed by atoms with van der Waals surface area (Å²) in [5.41, 5.74) is 10.7. The average molecular weight is 730 g/mol. The number of thiophene rings is 1. The molecule has 0 spiro atoms. The molecule has 2 heteroatoms. The van der Waals surface area contributed by atoms with Crippen molar-refractivity contribution in [2.45, 2.75) is 0 Å². The zero-order chi connectivity index (χ0) is 37.0. The molecule has 56 heavy (non-hydrogen) atoms. The second-order valence-corrected chi connectivity index (χ2v) is 15.6. The number of anilines is 3. The Morgan fingerprint density at radius 2 is 0.786 bits per heavy atom. The molecule has 262 valence electrons. The van der Waals surface area contributed by atoms with Crippen molar-refractivity contribution < 1.29 is 0 Å².